The summed E-state index contributed by atoms with van der Waals surface area (Å²) in [5.74, 6) is 2.26. The predicted molar refractivity (Wildman–Crippen MR) is 93.9 cm³/mol. The third-order valence-corrected chi connectivity index (χ3v) is 3.48. The molecule has 0 fully saturated rings. The molecule has 0 saturated heterocycles. The van der Waals surface area contributed by atoms with Gasteiger partial charge in [0.1, 0.15) is 23.7 Å². The maximum Gasteiger partial charge on any atom is 0.160 e. The highest BCUT2D eigenvalue weighted by Crippen LogP contribution is 2.27. The number of halogens is 1. The lowest BCUT2D eigenvalue weighted by atomic mass is 10.3. The number of nitrogen functional groups attached to an aromatic ring is 1. The number of nitrogens with one attached hydrogen (secondary N) is 2. The standard InChI is InChI=1S/C15H14BrN7/c1-9-2-4-11(18-6-9)22-14-13(17)15(21-8-20-14)23-12-5-3-10(16)7-19-12/h2-8H,17H2,1H3,(H2,18,19,20,21,22,23). The molecule has 3 rings (SSSR count). The molecule has 4 N–H and O–H groups in total. The zero-order valence-electron chi connectivity index (χ0n) is 12.3. The van der Waals surface area contributed by atoms with Gasteiger partial charge in [0.25, 0.3) is 0 Å². The molecule has 0 amide bonds. The first kappa shape index (κ1) is 15.2. The Balaban J connectivity index is 1.83. The van der Waals surface area contributed by atoms with Crippen molar-refractivity contribution in [2.75, 3.05) is 16.4 Å². The summed E-state index contributed by atoms with van der Waals surface area (Å²) in [5.41, 5.74) is 7.59. The molecule has 0 atom stereocenters. The van der Waals surface area contributed by atoms with Gasteiger partial charge in [-0.1, -0.05) is 6.07 Å². The van der Waals surface area contributed by atoms with Gasteiger partial charge in [-0.25, -0.2) is 19.9 Å². The highest BCUT2D eigenvalue weighted by atomic mass is 79.9. The summed E-state index contributed by atoms with van der Waals surface area (Å²) in [5, 5.41) is 6.15. The van der Waals surface area contributed by atoms with Crippen molar-refractivity contribution in [3.8, 4) is 0 Å². The van der Waals surface area contributed by atoms with Gasteiger partial charge < -0.3 is 16.4 Å². The zero-order chi connectivity index (χ0) is 16.2. The smallest absolute Gasteiger partial charge is 0.160 e. The molecular weight excluding hydrogens is 358 g/mol. The second kappa shape index (κ2) is 6.57. The molecule has 3 aromatic heterocycles. The Kier molecular flexibility index (Phi) is 4.33. The van der Waals surface area contributed by atoms with Crippen molar-refractivity contribution in [2.24, 2.45) is 0 Å². The summed E-state index contributed by atoms with van der Waals surface area (Å²) >= 11 is 3.34. The van der Waals surface area contributed by atoms with Gasteiger partial charge in [-0.3, -0.25) is 0 Å². The van der Waals surface area contributed by atoms with Gasteiger partial charge in [0.05, 0.1) is 0 Å². The molecule has 7 nitrogen and oxygen atoms in total. The second-order valence-electron chi connectivity index (χ2n) is 4.82. The van der Waals surface area contributed by atoms with E-state index in [4.69, 9.17) is 5.73 Å². The predicted octanol–water partition coefficient (Wildman–Crippen LogP) is 3.41. The van der Waals surface area contributed by atoms with Gasteiger partial charge in [0.15, 0.2) is 11.6 Å². The van der Waals surface area contributed by atoms with E-state index >= 15 is 0 Å². The lowest BCUT2D eigenvalue weighted by molar-refractivity contribution is 1.15. The Morgan fingerprint density at radius 3 is 2.00 bits per heavy atom. The van der Waals surface area contributed by atoms with Gasteiger partial charge in [-0.2, -0.15) is 0 Å². The normalized spacial score (nSPS) is 10.3. The van der Waals surface area contributed by atoms with Crippen molar-refractivity contribution in [1.29, 1.82) is 0 Å². The topological polar surface area (TPSA) is 102 Å². The van der Waals surface area contributed by atoms with Crippen LogP contribution in [0.1, 0.15) is 5.56 Å². The van der Waals surface area contributed by atoms with Crippen LogP contribution in [0.25, 0.3) is 0 Å². The maximum absolute atomic E-state index is 6.12. The van der Waals surface area contributed by atoms with Crippen molar-refractivity contribution in [3.05, 3.63) is 53.0 Å². The first-order valence-electron chi connectivity index (χ1n) is 6.80. The number of rotatable bonds is 4. The lowest BCUT2D eigenvalue weighted by Crippen LogP contribution is -2.06. The zero-order valence-corrected chi connectivity index (χ0v) is 13.9. The van der Waals surface area contributed by atoms with Crippen molar-refractivity contribution < 1.29 is 0 Å². The molecule has 0 aromatic carbocycles. The number of anilines is 5. The second-order valence-corrected chi connectivity index (χ2v) is 5.73. The van der Waals surface area contributed by atoms with E-state index in [2.05, 4.69) is 46.5 Å². The third kappa shape index (κ3) is 3.72. The number of aromatic nitrogens is 4. The first-order valence-corrected chi connectivity index (χ1v) is 7.60. The molecule has 0 aliphatic heterocycles. The summed E-state index contributed by atoms with van der Waals surface area (Å²) in [6, 6.07) is 7.51. The molecule has 8 heteroatoms. The molecule has 0 saturated carbocycles. The molecule has 3 aromatic rings. The van der Waals surface area contributed by atoms with E-state index in [1.165, 1.54) is 6.33 Å². The van der Waals surface area contributed by atoms with Gasteiger partial charge in [0.2, 0.25) is 0 Å². The number of nitrogens with zero attached hydrogens (tertiary/aromatic N) is 4. The number of nitrogens with two attached hydrogens (primary N) is 1. The van der Waals surface area contributed by atoms with Crippen molar-refractivity contribution >= 4 is 44.9 Å². The van der Waals surface area contributed by atoms with Crippen LogP contribution >= 0.6 is 15.9 Å². The first-order chi connectivity index (χ1) is 11.1. The molecule has 116 valence electrons. The fourth-order valence-electron chi connectivity index (χ4n) is 1.83. The average molecular weight is 372 g/mol. The molecule has 3 heterocycles. The van der Waals surface area contributed by atoms with E-state index in [1.54, 1.807) is 12.4 Å². The van der Waals surface area contributed by atoms with E-state index in [-0.39, 0.29) is 0 Å². The maximum atomic E-state index is 6.12. The number of hydrogen-bond donors (Lipinski definition) is 3. The van der Waals surface area contributed by atoms with Gasteiger partial charge in [-0.15, -0.1) is 0 Å². The van der Waals surface area contributed by atoms with Crippen LogP contribution in [0.5, 0.6) is 0 Å². The fraction of sp³-hybridized carbons (Fsp3) is 0.0667. The molecule has 0 aliphatic carbocycles. The molecule has 0 radical (unpaired) electrons. The van der Waals surface area contributed by atoms with Crippen molar-refractivity contribution in [3.63, 3.8) is 0 Å². The highest BCUT2D eigenvalue weighted by Gasteiger charge is 2.09. The van der Waals surface area contributed by atoms with Crippen LogP contribution in [0.15, 0.2) is 47.5 Å². The average Bonchev–Trinajstić information content (AvgIpc) is 2.55. The van der Waals surface area contributed by atoms with Crippen molar-refractivity contribution in [2.45, 2.75) is 6.92 Å². The molecule has 0 bridgehead atoms. The molecular formula is C15H14BrN7. The van der Waals surface area contributed by atoms with Gasteiger partial charge in [-0.05, 0) is 46.6 Å². The molecule has 0 unspecified atom stereocenters. The van der Waals surface area contributed by atoms with Crippen LogP contribution in [-0.2, 0) is 0 Å². The summed E-state index contributed by atoms with van der Waals surface area (Å²) in [7, 11) is 0. The van der Waals surface area contributed by atoms with Crippen LogP contribution in [0.2, 0.25) is 0 Å². The number of hydrogen-bond acceptors (Lipinski definition) is 7. The van der Waals surface area contributed by atoms with Crippen LogP contribution in [0.4, 0.5) is 29.0 Å². The molecule has 0 aliphatic rings. The van der Waals surface area contributed by atoms with E-state index in [1.807, 2.05) is 31.2 Å². The van der Waals surface area contributed by atoms with E-state index in [0.29, 0.717) is 29.0 Å². The third-order valence-electron chi connectivity index (χ3n) is 3.02. The van der Waals surface area contributed by atoms with E-state index in [9.17, 15) is 0 Å². The Morgan fingerprint density at radius 1 is 0.870 bits per heavy atom. The number of aryl methyl sites for hydroxylation is 1. The highest BCUT2D eigenvalue weighted by molar-refractivity contribution is 9.10. The summed E-state index contributed by atoms with van der Waals surface area (Å²) in [6.45, 7) is 1.98. The fourth-order valence-corrected chi connectivity index (χ4v) is 2.06. The Hall–Kier alpha value is -2.74. The Labute approximate surface area is 141 Å². The van der Waals surface area contributed by atoms with E-state index in [0.717, 1.165) is 10.0 Å². The SMILES string of the molecule is Cc1ccc(Nc2ncnc(Nc3ccc(Br)cn3)c2N)nc1. The largest absolute Gasteiger partial charge is 0.393 e. The minimum absolute atomic E-state index is 0.389. The van der Waals surface area contributed by atoms with Crippen LogP contribution in [-0.4, -0.2) is 19.9 Å². The quantitative estimate of drug-likeness (QED) is 0.645. The minimum Gasteiger partial charge on any atom is -0.393 e. The Bertz CT molecular complexity index is 737. The molecule has 0 spiro atoms. The van der Waals surface area contributed by atoms with Crippen molar-refractivity contribution in [1.82, 2.24) is 19.9 Å². The minimum atomic E-state index is 0.389. The van der Waals surface area contributed by atoms with Gasteiger partial charge in [0, 0.05) is 16.9 Å². The van der Waals surface area contributed by atoms with Crippen LogP contribution in [0, 0.1) is 6.92 Å². The summed E-state index contributed by atoms with van der Waals surface area (Å²) in [6.07, 6.45) is 4.88. The van der Waals surface area contributed by atoms with Gasteiger partial charge >= 0.3 is 0 Å². The lowest BCUT2D eigenvalue weighted by Gasteiger charge is -2.11. The summed E-state index contributed by atoms with van der Waals surface area (Å²) < 4.78 is 0.895. The van der Waals surface area contributed by atoms with Crippen LogP contribution in [0.3, 0.4) is 0 Å². The number of pyridine rings is 2. The monoisotopic (exact) mass is 371 g/mol. The molecule has 23 heavy (non-hydrogen) atoms. The summed E-state index contributed by atoms with van der Waals surface area (Å²) in [4.78, 5) is 16.8. The Morgan fingerprint density at radius 2 is 1.48 bits per heavy atom. The van der Waals surface area contributed by atoms with E-state index < -0.39 is 0 Å². The van der Waals surface area contributed by atoms with Crippen LogP contribution < -0.4 is 16.4 Å².